The van der Waals surface area contributed by atoms with Gasteiger partial charge in [0, 0.05) is 18.2 Å². The van der Waals surface area contributed by atoms with E-state index >= 15 is 0 Å². The number of rotatable bonds is 4. The Morgan fingerprint density at radius 1 is 1.53 bits per heavy atom. The van der Waals surface area contributed by atoms with Crippen LogP contribution in [0.25, 0.3) is 0 Å². The lowest BCUT2D eigenvalue weighted by molar-refractivity contribution is -0.121. The van der Waals surface area contributed by atoms with E-state index in [9.17, 15) is 9.18 Å². The highest BCUT2D eigenvalue weighted by Gasteiger charge is 2.37. The van der Waals surface area contributed by atoms with Crippen LogP contribution in [0.1, 0.15) is 20.8 Å². The van der Waals surface area contributed by atoms with Gasteiger partial charge in [-0.1, -0.05) is 19.2 Å². The minimum absolute atomic E-state index is 0. The van der Waals surface area contributed by atoms with Crippen molar-refractivity contribution >= 4 is 5.91 Å². The zero-order valence-corrected chi connectivity index (χ0v) is 11.7. The molecule has 0 aromatic rings. The highest BCUT2D eigenvalue weighted by atomic mass is 19.1. The molecule has 1 heterocycles. The summed E-state index contributed by atoms with van der Waals surface area (Å²) in [6.45, 7) is 12.7. The van der Waals surface area contributed by atoms with Crippen molar-refractivity contribution in [1.29, 1.82) is 0 Å². The van der Waals surface area contributed by atoms with Crippen molar-refractivity contribution in [3.8, 4) is 0 Å². The van der Waals surface area contributed by atoms with Gasteiger partial charge in [0.1, 0.15) is 5.67 Å². The summed E-state index contributed by atoms with van der Waals surface area (Å²) < 4.78 is 13.7. The molecule has 0 unspecified atom stereocenters. The van der Waals surface area contributed by atoms with Gasteiger partial charge in [0.25, 0.3) is 0 Å². The summed E-state index contributed by atoms with van der Waals surface area (Å²) in [5, 5.41) is 2.73. The average Bonchev–Trinajstić information content (AvgIpc) is 2.58. The minimum Gasteiger partial charge on any atom is -0.412 e. The van der Waals surface area contributed by atoms with Gasteiger partial charge >= 0.3 is 0 Å². The summed E-state index contributed by atoms with van der Waals surface area (Å²) >= 11 is 0. The lowest BCUT2D eigenvalue weighted by Gasteiger charge is -2.20. The molecule has 0 saturated carbocycles. The SMILES string of the molecule is C=C(N)[C@H]1C(=O)NC[C@@H]1C(=C)/C=C(\C)C(C)(C)F.O. The molecule has 19 heavy (non-hydrogen) atoms. The van der Waals surface area contributed by atoms with Gasteiger partial charge in [-0.05, 0) is 31.9 Å². The van der Waals surface area contributed by atoms with E-state index in [2.05, 4.69) is 18.5 Å². The molecule has 0 aromatic heterocycles. The summed E-state index contributed by atoms with van der Waals surface area (Å²) in [5.74, 6) is -0.754. The zero-order chi connectivity index (χ0) is 14.1. The van der Waals surface area contributed by atoms with Crippen molar-refractivity contribution < 1.29 is 14.7 Å². The van der Waals surface area contributed by atoms with E-state index in [0.717, 1.165) is 0 Å². The summed E-state index contributed by atoms with van der Waals surface area (Å²) in [6.07, 6.45) is 1.70. The van der Waals surface area contributed by atoms with E-state index in [-0.39, 0.29) is 17.3 Å². The van der Waals surface area contributed by atoms with Gasteiger partial charge in [-0.2, -0.15) is 0 Å². The molecule has 0 aliphatic carbocycles. The average molecular weight is 270 g/mol. The van der Waals surface area contributed by atoms with E-state index in [1.165, 1.54) is 13.8 Å². The van der Waals surface area contributed by atoms with Gasteiger partial charge in [-0.3, -0.25) is 4.79 Å². The Labute approximate surface area is 113 Å². The minimum atomic E-state index is -1.39. The molecule has 1 fully saturated rings. The molecule has 1 rings (SSSR count). The number of alkyl halides is 1. The maximum atomic E-state index is 13.7. The molecule has 0 bridgehead atoms. The van der Waals surface area contributed by atoms with Crippen LogP contribution in [0.5, 0.6) is 0 Å². The summed E-state index contributed by atoms with van der Waals surface area (Å²) in [5.41, 5.74) is 5.85. The molecular formula is C14H23FN2O2. The summed E-state index contributed by atoms with van der Waals surface area (Å²) in [6, 6.07) is 0. The Balaban J connectivity index is 0.00000324. The third-order valence-corrected chi connectivity index (χ3v) is 3.40. The second kappa shape index (κ2) is 6.02. The number of amides is 1. The fraction of sp³-hybridized carbons (Fsp3) is 0.500. The number of nitrogens with two attached hydrogens (primary N) is 1. The lowest BCUT2D eigenvalue weighted by Crippen LogP contribution is -2.25. The molecule has 2 atom stereocenters. The third-order valence-electron chi connectivity index (χ3n) is 3.40. The second-order valence-electron chi connectivity index (χ2n) is 5.28. The van der Waals surface area contributed by atoms with Crippen LogP contribution in [0.15, 0.2) is 36.1 Å². The molecule has 5 heteroatoms. The van der Waals surface area contributed by atoms with Crippen molar-refractivity contribution in [2.75, 3.05) is 6.54 Å². The fourth-order valence-electron chi connectivity index (χ4n) is 1.95. The van der Waals surface area contributed by atoms with Crippen LogP contribution in [0.4, 0.5) is 4.39 Å². The first-order valence-electron chi connectivity index (χ1n) is 5.93. The molecule has 5 N–H and O–H groups in total. The first kappa shape index (κ1) is 17.4. The Hall–Kier alpha value is -1.62. The Bertz CT molecular complexity index is 422. The van der Waals surface area contributed by atoms with Crippen molar-refractivity contribution in [3.63, 3.8) is 0 Å². The molecule has 4 nitrogen and oxygen atoms in total. The van der Waals surface area contributed by atoms with Crippen LogP contribution < -0.4 is 11.1 Å². The normalized spacial score (nSPS) is 23.6. The largest absolute Gasteiger partial charge is 0.412 e. The first-order chi connectivity index (χ1) is 8.14. The van der Waals surface area contributed by atoms with E-state index in [1.54, 1.807) is 13.0 Å². The number of carbonyl (C=O) groups excluding carboxylic acids is 1. The van der Waals surface area contributed by atoms with Crippen molar-refractivity contribution in [2.24, 2.45) is 17.6 Å². The monoisotopic (exact) mass is 270 g/mol. The van der Waals surface area contributed by atoms with Gasteiger partial charge in [-0.25, -0.2) is 4.39 Å². The van der Waals surface area contributed by atoms with Crippen molar-refractivity contribution in [3.05, 3.63) is 36.1 Å². The molecular weight excluding hydrogens is 247 g/mol. The number of hydrogen-bond donors (Lipinski definition) is 2. The highest BCUT2D eigenvalue weighted by molar-refractivity contribution is 5.84. The maximum absolute atomic E-state index is 13.7. The van der Waals surface area contributed by atoms with Crippen LogP contribution >= 0.6 is 0 Å². The summed E-state index contributed by atoms with van der Waals surface area (Å²) in [4.78, 5) is 11.6. The molecule has 0 spiro atoms. The number of nitrogens with one attached hydrogen (secondary N) is 1. The van der Waals surface area contributed by atoms with Crippen molar-refractivity contribution in [1.82, 2.24) is 5.32 Å². The van der Waals surface area contributed by atoms with Crippen LogP contribution in [0.2, 0.25) is 0 Å². The number of halogens is 1. The number of allylic oxidation sites excluding steroid dienone is 2. The highest BCUT2D eigenvalue weighted by Crippen LogP contribution is 2.31. The van der Waals surface area contributed by atoms with Gasteiger partial charge in [-0.15, -0.1) is 0 Å². The van der Waals surface area contributed by atoms with Crippen LogP contribution in [-0.2, 0) is 4.79 Å². The number of hydrogen-bond acceptors (Lipinski definition) is 2. The van der Waals surface area contributed by atoms with E-state index in [0.29, 0.717) is 23.4 Å². The molecule has 1 amide bonds. The van der Waals surface area contributed by atoms with Crippen LogP contribution in [0.3, 0.4) is 0 Å². The fourth-order valence-corrected chi connectivity index (χ4v) is 1.95. The molecule has 0 radical (unpaired) electrons. The van der Waals surface area contributed by atoms with Gasteiger partial charge < -0.3 is 16.5 Å². The van der Waals surface area contributed by atoms with Gasteiger partial charge in [0.2, 0.25) is 5.91 Å². The Morgan fingerprint density at radius 2 is 2.05 bits per heavy atom. The molecule has 1 saturated heterocycles. The zero-order valence-electron chi connectivity index (χ0n) is 11.7. The first-order valence-corrected chi connectivity index (χ1v) is 5.93. The Morgan fingerprint density at radius 3 is 2.47 bits per heavy atom. The topological polar surface area (TPSA) is 86.6 Å². The molecule has 108 valence electrons. The number of carbonyl (C=O) groups is 1. The van der Waals surface area contributed by atoms with Gasteiger partial charge in [0.15, 0.2) is 0 Å². The third kappa shape index (κ3) is 3.92. The maximum Gasteiger partial charge on any atom is 0.229 e. The molecule has 1 aliphatic heterocycles. The van der Waals surface area contributed by atoms with E-state index < -0.39 is 11.6 Å². The lowest BCUT2D eigenvalue weighted by atomic mass is 9.85. The second-order valence-corrected chi connectivity index (χ2v) is 5.28. The van der Waals surface area contributed by atoms with Crippen LogP contribution in [0, 0.1) is 11.8 Å². The predicted molar refractivity (Wildman–Crippen MR) is 75.0 cm³/mol. The quantitative estimate of drug-likeness (QED) is 0.753. The standard InChI is InChI=1S/C14H21FN2O.H2O/c1-8(6-9(2)14(4,5)15)11-7-17-13(18)12(11)10(3)16;/h6,11-12H,1,3,7,16H2,2,4-5H3,(H,17,18);1H2/b9-6+;/t11-,12-;/m1./s1. The Kier molecular flexibility index (Phi) is 5.50. The van der Waals surface area contributed by atoms with E-state index in [4.69, 9.17) is 5.73 Å². The van der Waals surface area contributed by atoms with Crippen LogP contribution in [-0.4, -0.2) is 23.6 Å². The van der Waals surface area contributed by atoms with Gasteiger partial charge in [0.05, 0.1) is 5.92 Å². The van der Waals surface area contributed by atoms with E-state index in [1.807, 2.05) is 0 Å². The predicted octanol–water partition coefficient (Wildman–Crippen LogP) is 1.25. The smallest absolute Gasteiger partial charge is 0.229 e. The summed E-state index contributed by atoms with van der Waals surface area (Å²) in [7, 11) is 0. The van der Waals surface area contributed by atoms with Crippen molar-refractivity contribution in [2.45, 2.75) is 26.4 Å². The molecule has 0 aromatic carbocycles. The molecule has 1 aliphatic rings.